The average Bonchev–Trinajstić information content (AvgIpc) is 2.90. The number of rotatable bonds is 10. The Kier molecular flexibility index (Phi) is 7.90. The topological polar surface area (TPSA) is 75.7 Å². The van der Waals surface area contributed by atoms with E-state index in [9.17, 15) is 13.2 Å². The molecule has 4 aromatic carbocycles. The molecule has 0 spiro atoms. The molecular formula is C29H30N2O4S. The molecule has 0 aliphatic rings. The van der Waals surface area contributed by atoms with Crippen LogP contribution in [0.3, 0.4) is 0 Å². The molecule has 0 bridgehead atoms. The van der Waals surface area contributed by atoms with Crippen LogP contribution in [0.2, 0.25) is 0 Å². The highest BCUT2D eigenvalue weighted by molar-refractivity contribution is 7.92. The summed E-state index contributed by atoms with van der Waals surface area (Å²) in [5.74, 6) is 0.632. The van der Waals surface area contributed by atoms with E-state index in [1.165, 1.54) is 12.1 Å². The number of fused-ring (bicyclic) bond motifs is 1. The maximum atomic E-state index is 13.4. The van der Waals surface area contributed by atoms with E-state index < -0.39 is 15.9 Å². The van der Waals surface area contributed by atoms with Gasteiger partial charge in [0, 0.05) is 5.39 Å². The molecule has 0 fully saturated rings. The number of carbonyl (C=O) groups is 1. The minimum absolute atomic E-state index is 0.130. The average molecular weight is 503 g/mol. The van der Waals surface area contributed by atoms with Crippen molar-refractivity contribution >= 4 is 32.4 Å². The van der Waals surface area contributed by atoms with Crippen LogP contribution in [-0.2, 0) is 14.8 Å². The lowest BCUT2D eigenvalue weighted by Gasteiger charge is -2.24. The number of anilines is 1. The first-order valence-corrected chi connectivity index (χ1v) is 13.4. The number of nitrogens with one attached hydrogen (secondary N) is 1. The van der Waals surface area contributed by atoms with Gasteiger partial charge in [0.2, 0.25) is 5.91 Å². The maximum absolute atomic E-state index is 13.4. The van der Waals surface area contributed by atoms with Gasteiger partial charge in [-0.15, -0.1) is 0 Å². The third kappa shape index (κ3) is 5.86. The van der Waals surface area contributed by atoms with Crippen LogP contribution in [0, 0.1) is 0 Å². The van der Waals surface area contributed by atoms with Gasteiger partial charge in [0.1, 0.15) is 18.9 Å². The van der Waals surface area contributed by atoms with Gasteiger partial charge in [0.15, 0.2) is 0 Å². The molecule has 0 saturated heterocycles. The molecule has 36 heavy (non-hydrogen) atoms. The predicted molar refractivity (Wildman–Crippen MR) is 144 cm³/mol. The van der Waals surface area contributed by atoms with Crippen LogP contribution in [0.1, 0.15) is 25.3 Å². The largest absolute Gasteiger partial charge is 0.491 e. The highest BCUT2D eigenvalue weighted by Gasteiger charge is 2.27. The Balaban J connectivity index is 1.45. The Hall–Kier alpha value is -3.84. The summed E-state index contributed by atoms with van der Waals surface area (Å²) < 4.78 is 33.9. The lowest BCUT2D eigenvalue weighted by Crippen LogP contribution is -2.41. The highest BCUT2D eigenvalue weighted by atomic mass is 32.2. The normalized spacial score (nSPS) is 11.4. The summed E-state index contributed by atoms with van der Waals surface area (Å²) in [6.45, 7) is 4.30. The summed E-state index contributed by atoms with van der Waals surface area (Å²) in [4.78, 5) is 13.0. The van der Waals surface area contributed by atoms with Crippen molar-refractivity contribution < 1.29 is 17.9 Å². The quantitative estimate of drug-likeness (QED) is 0.297. The van der Waals surface area contributed by atoms with E-state index in [-0.39, 0.29) is 24.6 Å². The third-order valence-electron chi connectivity index (χ3n) is 5.90. The third-order valence-corrected chi connectivity index (χ3v) is 7.69. The SMILES string of the molecule is CC(C)c1ccc(N(CC(=O)NCCOc2cccc3ccccc23)S(=O)(=O)c2ccccc2)cc1. The standard InChI is InChI=1S/C29H30N2O4S/c1-22(2)23-15-17-25(18-16-23)31(36(33,34)26-11-4-3-5-12-26)21-29(32)30-19-20-35-28-14-8-10-24-9-6-7-13-27(24)28/h3-18,22H,19-21H2,1-2H3,(H,30,32). The zero-order valence-corrected chi connectivity index (χ0v) is 21.2. The maximum Gasteiger partial charge on any atom is 0.264 e. The van der Waals surface area contributed by atoms with E-state index in [4.69, 9.17) is 4.74 Å². The van der Waals surface area contributed by atoms with Crippen molar-refractivity contribution in [2.75, 3.05) is 24.0 Å². The molecule has 0 radical (unpaired) electrons. The van der Waals surface area contributed by atoms with Crippen LogP contribution in [0.15, 0.2) is 102 Å². The van der Waals surface area contributed by atoms with Gasteiger partial charge in [-0.25, -0.2) is 8.42 Å². The van der Waals surface area contributed by atoms with Crippen LogP contribution in [0.5, 0.6) is 5.75 Å². The van der Waals surface area contributed by atoms with Crippen molar-refractivity contribution in [2.24, 2.45) is 0 Å². The monoisotopic (exact) mass is 502 g/mol. The second kappa shape index (κ2) is 11.3. The molecule has 4 rings (SSSR count). The zero-order valence-electron chi connectivity index (χ0n) is 20.4. The van der Waals surface area contributed by atoms with E-state index in [1.54, 1.807) is 30.3 Å². The number of benzene rings is 4. The second-order valence-electron chi connectivity index (χ2n) is 8.75. The summed E-state index contributed by atoms with van der Waals surface area (Å²) >= 11 is 0. The summed E-state index contributed by atoms with van der Waals surface area (Å²) in [7, 11) is -3.94. The van der Waals surface area contributed by atoms with Crippen LogP contribution in [0.25, 0.3) is 10.8 Å². The summed E-state index contributed by atoms with van der Waals surface area (Å²) in [5, 5.41) is 4.85. The smallest absolute Gasteiger partial charge is 0.264 e. The molecule has 0 saturated carbocycles. The molecular weight excluding hydrogens is 472 g/mol. The fourth-order valence-electron chi connectivity index (χ4n) is 3.92. The first kappa shape index (κ1) is 25.3. The van der Waals surface area contributed by atoms with Gasteiger partial charge in [-0.1, -0.05) is 80.6 Å². The van der Waals surface area contributed by atoms with E-state index in [0.717, 1.165) is 26.4 Å². The number of ether oxygens (including phenoxy) is 1. The molecule has 186 valence electrons. The molecule has 0 aliphatic heterocycles. The molecule has 4 aromatic rings. The minimum atomic E-state index is -3.94. The lowest BCUT2D eigenvalue weighted by molar-refractivity contribution is -0.119. The Labute approximate surface area is 212 Å². The fraction of sp³-hybridized carbons (Fsp3) is 0.207. The van der Waals surface area contributed by atoms with Gasteiger partial charge >= 0.3 is 0 Å². The summed E-state index contributed by atoms with van der Waals surface area (Å²) in [6, 6.07) is 29.2. The zero-order chi connectivity index (χ0) is 25.5. The number of hydrogen-bond donors (Lipinski definition) is 1. The Bertz CT molecular complexity index is 1410. The molecule has 0 unspecified atom stereocenters. The van der Waals surface area contributed by atoms with Crippen molar-refractivity contribution in [1.82, 2.24) is 5.32 Å². The van der Waals surface area contributed by atoms with E-state index in [0.29, 0.717) is 11.6 Å². The fourth-order valence-corrected chi connectivity index (χ4v) is 5.36. The molecule has 0 aromatic heterocycles. The van der Waals surface area contributed by atoms with Crippen LogP contribution >= 0.6 is 0 Å². The van der Waals surface area contributed by atoms with Crippen molar-refractivity contribution in [3.05, 3.63) is 103 Å². The Morgan fingerprint density at radius 1 is 0.861 bits per heavy atom. The van der Waals surface area contributed by atoms with Crippen LogP contribution in [-0.4, -0.2) is 34.0 Å². The van der Waals surface area contributed by atoms with E-state index in [1.807, 2.05) is 54.6 Å². The number of carbonyl (C=O) groups excluding carboxylic acids is 1. The number of amides is 1. The number of hydrogen-bond acceptors (Lipinski definition) is 4. The number of sulfonamides is 1. The van der Waals surface area contributed by atoms with Crippen molar-refractivity contribution in [2.45, 2.75) is 24.7 Å². The van der Waals surface area contributed by atoms with Gasteiger partial charge in [-0.3, -0.25) is 9.10 Å². The molecule has 0 atom stereocenters. The minimum Gasteiger partial charge on any atom is -0.491 e. The van der Waals surface area contributed by atoms with Gasteiger partial charge in [0.25, 0.3) is 10.0 Å². The molecule has 0 heterocycles. The van der Waals surface area contributed by atoms with Gasteiger partial charge in [-0.05, 0) is 47.2 Å². The first-order valence-electron chi connectivity index (χ1n) is 11.9. The lowest BCUT2D eigenvalue weighted by atomic mass is 10.0. The van der Waals surface area contributed by atoms with Crippen molar-refractivity contribution in [3.63, 3.8) is 0 Å². The molecule has 1 amide bonds. The first-order chi connectivity index (χ1) is 17.4. The Morgan fingerprint density at radius 3 is 2.25 bits per heavy atom. The van der Waals surface area contributed by atoms with Gasteiger partial charge in [0.05, 0.1) is 17.1 Å². The molecule has 6 nitrogen and oxygen atoms in total. The Morgan fingerprint density at radius 2 is 1.53 bits per heavy atom. The van der Waals surface area contributed by atoms with Gasteiger partial charge < -0.3 is 10.1 Å². The highest BCUT2D eigenvalue weighted by Crippen LogP contribution is 2.26. The molecule has 0 aliphatic carbocycles. The molecule has 7 heteroatoms. The van der Waals surface area contributed by atoms with Crippen LogP contribution < -0.4 is 14.4 Å². The number of nitrogens with zero attached hydrogens (tertiary/aromatic N) is 1. The second-order valence-corrected chi connectivity index (χ2v) is 10.6. The van der Waals surface area contributed by atoms with E-state index >= 15 is 0 Å². The van der Waals surface area contributed by atoms with Crippen molar-refractivity contribution in [3.8, 4) is 5.75 Å². The molecule has 1 N–H and O–H groups in total. The predicted octanol–water partition coefficient (Wildman–Crippen LogP) is 5.35. The summed E-state index contributed by atoms with van der Waals surface area (Å²) in [5.41, 5.74) is 1.52. The van der Waals surface area contributed by atoms with E-state index in [2.05, 4.69) is 19.2 Å². The van der Waals surface area contributed by atoms with Crippen molar-refractivity contribution in [1.29, 1.82) is 0 Å². The summed E-state index contributed by atoms with van der Waals surface area (Å²) in [6.07, 6.45) is 0. The van der Waals surface area contributed by atoms with Crippen LogP contribution in [0.4, 0.5) is 5.69 Å². The van der Waals surface area contributed by atoms with Gasteiger partial charge in [-0.2, -0.15) is 0 Å².